The zero-order valence-corrected chi connectivity index (χ0v) is 18.0. The van der Waals surface area contributed by atoms with Gasteiger partial charge in [0, 0.05) is 43.6 Å². The largest absolute Gasteiger partial charge is 0.395 e. The Balaban J connectivity index is 1.77. The number of hydrogen-bond donors (Lipinski definition) is 3. The van der Waals surface area contributed by atoms with Gasteiger partial charge >= 0.3 is 6.03 Å². The van der Waals surface area contributed by atoms with Crippen LogP contribution in [0.4, 0.5) is 29.3 Å². The fraction of sp³-hybridized carbons (Fsp3) is 0.261. The van der Waals surface area contributed by atoms with E-state index in [0.29, 0.717) is 11.3 Å². The predicted octanol–water partition coefficient (Wildman–Crippen LogP) is 3.51. The van der Waals surface area contributed by atoms with E-state index in [9.17, 15) is 27.9 Å². The molecule has 2 aromatic carbocycles. The van der Waals surface area contributed by atoms with Crippen molar-refractivity contribution in [1.29, 1.82) is 0 Å². The molecule has 0 aliphatic carbocycles. The maximum absolute atomic E-state index is 14.1. The smallest absolute Gasteiger partial charge is 0.322 e. The van der Waals surface area contributed by atoms with Crippen LogP contribution in [0.15, 0.2) is 35.1 Å². The van der Waals surface area contributed by atoms with Crippen LogP contribution in [-0.4, -0.2) is 52.7 Å². The average molecular weight is 471 g/mol. The maximum Gasteiger partial charge on any atom is 0.322 e. The molecule has 0 fully saturated rings. The number of amides is 2. The zero-order valence-electron chi connectivity index (χ0n) is 18.0. The first kappa shape index (κ1) is 23.3. The molecule has 3 N–H and O–H groups in total. The molecule has 11 heteroatoms. The van der Waals surface area contributed by atoms with E-state index in [4.69, 9.17) is 6.57 Å². The Bertz CT molecular complexity index is 1380. The summed E-state index contributed by atoms with van der Waals surface area (Å²) in [5.74, 6) is -3.00. The molecule has 1 atom stereocenters. The van der Waals surface area contributed by atoms with E-state index in [-0.39, 0.29) is 48.4 Å². The predicted molar refractivity (Wildman–Crippen MR) is 119 cm³/mol. The number of hydrogen-bond acceptors (Lipinski definition) is 4. The number of H-pyrrole nitrogens is 1. The number of urea groups is 1. The van der Waals surface area contributed by atoms with Crippen LogP contribution in [0, 0.1) is 24.0 Å². The van der Waals surface area contributed by atoms with Gasteiger partial charge < -0.3 is 20.3 Å². The highest BCUT2D eigenvalue weighted by atomic mass is 19.2. The molecular formula is C23H20F3N5O3. The Morgan fingerprint density at radius 3 is 2.62 bits per heavy atom. The summed E-state index contributed by atoms with van der Waals surface area (Å²) in [5.41, 5.74) is 0.235. The lowest BCUT2D eigenvalue weighted by Crippen LogP contribution is -2.46. The second-order valence-corrected chi connectivity index (χ2v) is 7.95. The topological polar surface area (TPSA) is 93.0 Å². The number of likely N-dealkylation sites (N-methyl/N-ethyl adjacent to an activating group) is 1. The Labute approximate surface area is 192 Å². The lowest BCUT2D eigenvalue weighted by molar-refractivity contribution is 0.129. The van der Waals surface area contributed by atoms with Gasteiger partial charge in [-0.2, -0.15) is 0 Å². The van der Waals surface area contributed by atoms with Crippen molar-refractivity contribution in [3.63, 3.8) is 0 Å². The van der Waals surface area contributed by atoms with Gasteiger partial charge in [0.15, 0.2) is 11.6 Å². The van der Waals surface area contributed by atoms with E-state index in [0.717, 1.165) is 18.2 Å². The SMILES string of the molecule is [C-]#[N+]c1cc(NC(=O)N(C)C2CN(CCO)Cc3[nH]c(=O)c4cc(F)c(F)cc4c32)ccc1F. The van der Waals surface area contributed by atoms with Gasteiger partial charge in [-0.1, -0.05) is 0 Å². The van der Waals surface area contributed by atoms with E-state index in [2.05, 4.69) is 15.1 Å². The van der Waals surface area contributed by atoms with Crippen molar-refractivity contribution in [3.05, 3.63) is 80.8 Å². The molecule has 0 saturated carbocycles. The molecule has 1 unspecified atom stereocenters. The monoisotopic (exact) mass is 471 g/mol. The summed E-state index contributed by atoms with van der Waals surface area (Å²) in [4.78, 5) is 34.5. The van der Waals surface area contributed by atoms with E-state index in [1.165, 1.54) is 24.1 Å². The standard InChI is InChI=1S/C23H20F3N5O3/c1-27-18-7-12(3-4-15(18)24)28-23(34)30(2)20-11-31(5-6-32)10-19-21(20)13-8-16(25)17(26)9-14(13)22(33)29-19/h3-4,7-9,20,32H,5-6,10-11H2,2H3,(H,28,34)(H,29,33). The summed E-state index contributed by atoms with van der Waals surface area (Å²) in [6.07, 6.45) is 0. The van der Waals surface area contributed by atoms with Crippen molar-refractivity contribution in [2.45, 2.75) is 12.6 Å². The van der Waals surface area contributed by atoms with Gasteiger partial charge in [-0.3, -0.25) is 9.69 Å². The minimum Gasteiger partial charge on any atom is -0.395 e. The first-order valence-electron chi connectivity index (χ1n) is 10.3. The van der Waals surface area contributed by atoms with Gasteiger partial charge in [-0.05, 0) is 35.7 Å². The van der Waals surface area contributed by atoms with Gasteiger partial charge in [0.1, 0.15) is 5.82 Å². The van der Waals surface area contributed by atoms with Gasteiger partial charge in [0.25, 0.3) is 5.56 Å². The molecule has 0 radical (unpaired) electrons. The number of aromatic nitrogens is 1. The molecule has 4 rings (SSSR count). The molecule has 0 saturated heterocycles. The lowest BCUT2D eigenvalue weighted by Gasteiger charge is -2.39. The number of aromatic amines is 1. The van der Waals surface area contributed by atoms with Crippen LogP contribution in [0.5, 0.6) is 0 Å². The van der Waals surface area contributed by atoms with Crippen LogP contribution in [-0.2, 0) is 6.54 Å². The molecule has 1 aromatic heterocycles. The molecular weight excluding hydrogens is 451 g/mol. The van der Waals surface area contributed by atoms with Crippen LogP contribution in [0.25, 0.3) is 15.6 Å². The number of nitrogens with one attached hydrogen (secondary N) is 2. The van der Waals surface area contributed by atoms with Gasteiger partial charge in [-0.15, -0.1) is 0 Å². The third kappa shape index (κ3) is 4.21. The van der Waals surface area contributed by atoms with Crippen molar-refractivity contribution in [2.75, 3.05) is 32.1 Å². The third-order valence-electron chi connectivity index (χ3n) is 5.85. The molecule has 176 valence electrons. The third-order valence-corrected chi connectivity index (χ3v) is 5.85. The summed E-state index contributed by atoms with van der Waals surface area (Å²) in [6.45, 7) is 7.60. The number of β-amino-alcohol motifs (C(OH)–C–C–N with tert-alkyl or cyclic N) is 1. The minimum absolute atomic E-state index is 0.0488. The number of nitrogens with zero attached hydrogens (tertiary/aromatic N) is 3. The number of rotatable bonds is 4. The number of anilines is 1. The number of fused-ring (bicyclic) bond motifs is 3. The number of pyridine rings is 1. The van der Waals surface area contributed by atoms with E-state index in [1.54, 1.807) is 0 Å². The fourth-order valence-electron chi connectivity index (χ4n) is 4.18. The number of carbonyl (C=O) groups is 1. The van der Waals surface area contributed by atoms with E-state index in [1.807, 2.05) is 4.90 Å². The minimum atomic E-state index is -1.16. The van der Waals surface area contributed by atoms with Gasteiger partial charge in [-0.25, -0.2) is 22.8 Å². The second-order valence-electron chi connectivity index (χ2n) is 7.95. The molecule has 2 heterocycles. The van der Waals surface area contributed by atoms with Crippen LogP contribution < -0.4 is 10.9 Å². The molecule has 2 amide bonds. The van der Waals surface area contributed by atoms with Crippen molar-refractivity contribution in [3.8, 4) is 0 Å². The summed E-state index contributed by atoms with van der Waals surface area (Å²) < 4.78 is 41.6. The molecule has 3 aromatic rings. The number of aliphatic hydroxyl groups is 1. The van der Waals surface area contributed by atoms with Crippen molar-refractivity contribution < 1.29 is 23.1 Å². The Hall–Kier alpha value is -3.88. The normalized spacial score (nSPS) is 15.6. The zero-order chi connectivity index (χ0) is 24.6. The Kier molecular flexibility index (Phi) is 6.28. The lowest BCUT2D eigenvalue weighted by atomic mass is 9.93. The Morgan fingerprint density at radius 2 is 1.94 bits per heavy atom. The van der Waals surface area contributed by atoms with Crippen LogP contribution in [0.2, 0.25) is 0 Å². The molecule has 34 heavy (non-hydrogen) atoms. The highest BCUT2D eigenvalue weighted by Gasteiger charge is 2.33. The van der Waals surface area contributed by atoms with Gasteiger partial charge in [0.05, 0.1) is 24.6 Å². The maximum atomic E-state index is 14.1. The summed E-state index contributed by atoms with van der Waals surface area (Å²) in [7, 11) is 1.49. The van der Waals surface area contributed by atoms with Crippen LogP contribution >= 0.6 is 0 Å². The number of carbonyl (C=O) groups excluding carboxylic acids is 1. The first-order valence-corrected chi connectivity index (χ1v) is 10.3. The number of halogens is 3. The summed E-state index contributed by atoms with van der Waals surface area (Å²) >= 11 is 0. The quantitative estimate of drug-likeness (QED) is 0.508. The highest BCUT2D eigenvalue weighted by molar-refractivity contribution is 5.91. The fourth-order valence-corrected chi connectivity index (χ4v) is 4.18. The second kappa shape index (κ2) is 9.17. The number of benzene rings is 2. The van der Waals surface area contributed by atoms with Crippen molar-refractivity contribution >= 4 is 28.2 Å². The summed E-state index contributed by atoms with van der Waals surface area (Å²) in [6, 6.07) is 4.04. The summed E-state index contributed by atoms with van der Waals surface area (Å²) in [5, 5.41) is 12.1. The highest BCUT2D eigenvalue weighted by Crippen LogP contribution is 2.35. The molecule has 0 bridgehead atoms. The van der Waals surface area contributed by atoms with Crippen molar-refractivity contribution in [2.24, 2.45) is 0 Å². The van der Waals surface area contributed by atoms with Crippen LogP contribution in [0.1, 0.15) is 17.3 Å². The number of aliphatic hydroxyl groups excluding tert-OH is 1. The molecule has 1 aliphatic rings. The van der Waals surface area contributed by atoms with Crippen LogP contribution in [0.3, 0.4) is 0 Å². The molecule has 0 spiro atoms. The molecule has 1 aliphatic heterocycles. The molecule has 8 nitrogen and oxygen atoms in total. The van der Waals surface area contributed by atoms with E-state index >= 15 is 0 Å². The first-order chi connectivity index (χ1) is 16.2. The van der Waals surface area contributed by atoms with Gasteiger partial charge in [0.2, 0.25) is 5.69 Å². The Morgan fingerprint density at radius 1 is 1.24 bits per heavy atom. The van der Waals surface area contributed by atoms with Crippen molar-refractivity contribution in [1.82, 2.24) is 14.8 Å². The average Bonchev–Trinajstić information content (AvgIpc) is 2.80. The van der Waals surface area contributed by atoms with E-state index < -0.39 is 35.1 Å².